The van der Waals surface area contributed by atoms with Gasteiger partial charge in [0.05, 0.1) is 18.8 Å². The maximum Gasteiger partial charge on any atom is 0.194 e. The Hall–Kier alpha value is -1.65. The first-order valence-corrected chi connectivity index (χ1v) is 12.1. The molecule has 0 spiro atoms. The molecular weight excluding hydrogens is 529 g/mol. The van der Waals surface area contributed by atoms with Gasteiger partial charge in [0.2, 0.25) is 0 Å². The summed E-state index contributed by atoms with van der Waals surface area (Å²) in [7, 11) is 0. The number of hydrogen-bond donors (Lipinski definition) is 1. The van der Waals surface area contributed by atoms with Gasteiger partial charge >= 0.3 is 0 Å². The molecule has 0 amide bonds. The zero-order valence-corrected chi connectivity index (χ0v) is 22.0. The maximum atomic E-state index is 6.18. The molecule has 1 atom stereocenters. The largest absolute Gasteiger partial charge is 0.376 e. The van der Waals surface area contributed by atoms with Gasteiger partial charge < -0.3 is 24.3 Å². The van der Waals surface area contributed by atoms with Crippen molar-refractivity contribution in [3.05, 3.63) is 54.1 Å². The first-order valence-electron chi connectivity index (χ1n) is 12.1. The number of rotatable bonds is 8. The van der Waals surface area contributed by atoms with Crippen LogP contribution in [0, 0.1) is 0 Å². The Morgan fingerprint density at radius 1 is 1.18 bits per heavy atom. The van der Waals surface area contributed by atoms with Crippen LogP contribution in [-0.2, 0) is 22.6 Å². The molecule has 2 fully saturated rings. The number of ether oxygens (including phenoxy) is 2. The second kappa shape index (κ2) is 13.9. The Labute approximate surface area is 215 Å². The molecule has 2 saturated heterocycles. The van der Waals surface area contributed by atoms with Crippen LogP contribution in [0.2, 0.25) is 0 Å². The minimum absolute atomic E-state index is 0. The van der Waals surface area contributed by atoms with Crippen molar-refractivity contribution >= 4 is 29.9 Å². The summed E-state index contributed by atoms with van der Waals surface area (Å²) in [5.74, 6) is 1.95. The molecule has 1 N–H and O–H groups in total. The summed E-state index contributed by atoms with van der Waals surface area (Å²) < 4.78 is 14.2. The third-order valence-corrected chi connectivity index (χ3v) is 6.24. The highest BCUT2D eigenvalue weighted by atomic mass is 127. The van der Waals surface area contributed by atoms with Crippen LogP contribution < -0.4 is 5.32 Å². The smallest absolute Gasteiger partial charge is 0.194 e. The molecule has 0 aliphatic carbocycles. The second-order valence-corrected chi connectivity index (χ2v) is 8.64. The van der Waals surface area contributed by atoms with Gasteiger partial charge in [-0.2, -0.15) is 0 Å². The molecule has 2 aliphatic heterocycles. The summed E-state index contributed by atoms with van der Waals surface area (Å²) in [5.41, 5.74) is 1.27. The van der Waals surface area contributed by atoms with Crippen LogP contribution in [0.15, 0.2) is 47.7 Å². The summed E-state index contributed by atoms with van der Waals surface area (Å²) in [5, 5.41) is 3.46. The van der Waals surface area contributed by atoms with Gasteiger partial charge in [0.1, 0.15) is 12.4 Å². The number of guanidine groups is 1. The summed E-state index contributed by atoms with van der Waals surface area (Å²) in [6.45, 7) is 7.90. The highest BCUT2D eigenvalue weighted by molar-refractivity contribution is 14.0. The standard InChI is InChI=1S/C25H37N5O2.HI/c1-2-26-25(28-18-24-27-13-16-30(24)19-21-8-4-3-5-9-21)29-14-11-22(12-15-29)32-20-23-10-6-7-17-31-23;/h3-5,8-9,13,16,22-23H,2,6-7,10-12,14-15,17-20H2,1H3,(H,26,28);1H. The molecule has 0 saturated carbocycles. The van der Waals surface area contributed by atoms with Crippen LogP contribution in [0.3, 0.4) is 0 Å². The first kappa shape index (κ1) is 26.0. The fraction of sp³-hybridized carbons (Fsp3) is 0.600. The van der Waals surface area contributed by atoms with Gasteiger partial charge in [-0.3, -0.25) is 0 Å². The molecule has 8 heteroatoms. The van der Waals surface area contributed by atoms with E-state index in [1.54, 1.807) is 0 Å². The van der Waals surface area contributed by atoms with E-state index in [0.29, 0.717) is 18.8 Å². The number of nitrogens with one attached hydrogen (secondary N) is 1. The van der Waals surface area contributed by atoms with Crippen LogP contribution >= 0.6 is 24.0 Å². The topological polar surface area (TPSA) is 63.9 Å². The lowest BCUT2D eigenvalue weighted by Gasteiger charge is -2.35. The Morgan fingerprint density at radius 2 is 2.00 bits per heavy atom. The molecule has 182 valence electrons. The normalized spacial score (nSPS) is 19.8. The van der Waals surface area contributed by atoms with Crippen molar-refractivity contribution in [2.45, 2.75) is 64.3 Å². The van der Waals surface area contributed by atoms with Crippen LogP contribution in [0.25, 0.3) is 0 Å². The zero-order chi connectivity index (χ0) is 22.0. The lowest BCUT2D eigenvalue weighted by Crippen LogP contribution is -2.47. The molecule has 3 heterocycles. The number of piperidine rings is 1. The molecule has 1 aromatic carbocycles. The van der Waals surface area contributed by atoms with Gasteiger partial charge in [-0.25, -0.2) is 9.98 Å². The molecule has 7 nitrogen and oxygen atoms in total. The predicted octanol–water partition coefficient (Wildman–Crippen LogP) is 4.07. The van der Waals surface area contributed by atoms with Gasteiger partial charge in [-0.1, -0.05) is 30.3 Å². The number of aliphatic imine (C=N–C) groups is 1. The van der Waals surface area contributed by atoms with Crippen molar-refractivity contribution in [1.29, 1.82) is 0 Å². The van der Waals surface area contributed by atoms with E-state index in [0.717, 1.165) is 70.4 Å². The van der Waals surface area contributed by atoms with Crippen LogP contribution in [-0.4, -0.2) is 65.5 Å². The fourth-order valence-electron chi connectivity index (χ4n) is 4.40. The number of aromatic nitrogens is 2. The van der Waals surface area contributed by atoms with E-state index in [9.17, 15) is 0 Å². The summed E-state index contributed by atoms with van der Waals surface area (Å²) in [4.78, 5) is 11.8. The number of hydrogen-bond acceptors (Lipinski definition) is 4. The number of halogens is 1. The number of benzene rings is 1. The lowest BCUT2D eigenvalue weighted by atomic mass is 10.1. The highest BCUT2D eigenvalue weighted by Gasteiger charge is 2.24. The van der Waals surface area contributed by atoms with E-state index in [-0.39, 0.29) is 24.0 Å². The fourth-order valence-corrected chi connectivity index (χ4v) is 4.40. The molecule has 1 unspecified atom stereocenters. The Bertz CT molecular complexity index is 830. The number of imidazole rings is 1. The SMILES string of the molecule is CCNC(=NCc1nccn1Cc1ccccc1)N1CCC(OCC2CCCCO2)CC1.I. The molecule has 0 bridgehead atoms. The monoisotopic (exact) mass is 567 g/mol. The van der Waals surface area contributed by atoms with Crippen LogP contribution in [0.1, 0.15) is 50.4 Å². The van der Waals surface area contributed by atoms with E-state index in [2.05, 4.69) is 51.0 Å². The van der Waals surface area contributed by atoms with E-state index in [4.69, 9.17) is 14.5 Å². The molecule has 33 heavy (non-hydrogen) atoms. The Balaban J connectivity index is 0.00000306. The van der Waals surface area contributed by atoms with E-state index < -0.39 is 0 Å². The average Bonchev–Trinajstić information content (AvgIpc) is 3.29. The third kappa shape index (κ3) is 7.96. The van der Waals surface area contributed by atoms with E-state index in [1.165, 1.54) is 18.4 Å². The Kier molecular flexibility index (Phi) is 10.9. The van der Waals surface area contributed by atoms with Crippen molar-refractivity contribution in [3.8, 4) is 0 Å². The van der Waals surface area contributed by atoms with Gasteiger partial charge in [0.15, 0.2) is 5.96 Å². The summed E-state index contributed by atoms with van der Waals surface area (Å²) >= 11 is 0. The van der Waals surface area contributed by atoms with Crippen molar-refractivity contribution in [2.24, 2.45) is 4.99 Å². The minimum atomic E-state index is 0. The quantitative estimate of drug-likeness (QED) is 0.296. The molecular formula is C25H38IN5O2. The van der Waals surface area contributed by atoms with Gasteiger partial charge in [0, 0.05) is 45.2 Å². The Morgan fingerprint density at radius 3 is 2.73 bits per heavy atom. The summed E-state index contributed by atoms with van der Waals surface area (Å²) in [6.07, 6.45) is 10.1. The number of likely N-dealkylation sites (tertiary alicyclic amines) is 1. The van der Waals surface area contributed by atoms with Crippen molar-refractivity contribution in [2.75, 3.05) is 32.8 Å². The van der Waals surface area contributed by atoms with Crippen LogP contribution in [0.5, 0.6) is 0 Å². The van der Waals surface area contributed by atoms with Crippen molar-refractivity contribution < 1.29 is 9.47 Å². The first-order chi connectivity index (χ1) is 15.8. The molecule has 0 radical (unpaired) electrons. The van der Waals surface area contributed by atoms with Crippen molar-refractivity contribution in [3.63, 3.8) is 0 Å². The van der Waals surface area contributed by atoms with Gasteiger partial charge in [0.25, 0.3) is 0 Å². The third-order valence-electron chi connectivity index (χ3n) is 6.24. The molecule has 4 rings (SSSR count). The highest BCUT2D eigenvalue weighted by Crippen LogP contribution is 2.18. The average molecular weight is 568 g/mol. The molecule has 2 aliphatic rings. The zero-order valence-electron chi connectivity index (χ0n) is 19.7. The second-order valence-electron chi connectivity index (χ2n) is 8.64. The van der Waals surface area contributed by atoms with E-state index in [1.807, 2.05) is 18.5 Å². The maximum absolute atomic E-state index is 6.18. The number of nitrogens with zero attached hydrogens (tertiary/aromatic N) is 4. The van der Waals surface area contributed by atoms with E-state index >= 15 is 0 Å². The minimum Gasteiger partial charge on any atom is -0.376 e. The molecule has 2 aromatic rings. The summed E-state index contributed by atoms with van der Waals surface area (Å²) in [6, 6.07) is 10.5. The molecule has 1 aromatic heterocycles. The van der Waals surface area contributed by atoms with Gasteiger partial charge in [-0.05, 0) is 44.6 Å². The van der Waals surface area contributed by atoms with Crippen molar-refractivity contribution in [1.82, 2.24) is 19.8 Å². The lowest BCUT2D eigenvalue weighted by molar-refractivity contribution is -0.0721. The predicted molar refractivity (Wildman–Crippen MR) is 142 cm³/mol. The van der Waals surface area contributed by atoms with Gasteiger partial charge in [-0.15, -0.1) is 24.0 Å². The van der Waals surface area contributed by atoms with Crippen LogP contribution in [0.4, 0.5) is 0 Å².